The molecule has 58 valence electrons. The Morgan fingerprint density at radius 2 is 2.50 bits per heavy atom. The molecule has 4 nitrogen and oxygen atoms in total. The first-order valence-corrected chi connectivity index (χ1v) is 3.44. The van der Waals surface area contributed by atoms with Crippen molar-refractivity contribution in [3.05, 3.63) is 0 Å². The molecule has 1 saturated heterocycles. The van der Waals surface area contributed by atoms with Crippen LogP contribution in [0.25, 0.3) is 0 Å². The molecule has 1 heterocycles. The monoisotopic (exact) mass is 143 g/mol. The molecule has 0 saturated carbocycles. The molecule has 1 fully saturated rings. The normalized spacial score (nSPS) is 25.3. The number of likely N-dealkylation sites (tertiary alicyclic amines) is 1. The van der Waals surface area contributed by atoms with Crippen molar-refractivity contribution in [3.8, 4) is 0 Å². The molecule has 0 aromatic carbocycles. The minimum Gasteiger partial charge on any atom is -0.396 e. The van der Waals surface area contributed by atoms with Crippen LogP contribution in [-0.2, 0) is 0 Å². The Labute approximate surface area is 60.1 Å². The maximum Gasteiger partial charge on any atom is 0.188 e. The molecular formula is C6H13N3O. The van der Waals surface area contributed by atoms with Crippen LogP contribution in [0, 0.1) is 11.3 Å². The second-order valence-corrected chi connectivity index (χ2v) is 2.67. The van der Waals surface area contributed by atoms with Gasteiger partial charge in [0.05, 0.1) is 0 Å². The van der Waals surface area contributed by atoms with E-state index in [1.165, 1.54) is 0 Å². The minimum absolute atomic E-state index is 0.121. The van der Waals surface area contributed by atoms with Crippen LogP contribution in [0.1, 0.15) is 6.42 Å². The molecule has 10 heavy (non-hydrogen) atoms. The molecule has 4 N–H and O–H groups in total. The van der Waals surface area contributed by atoms with Crippen LogP contribution >= 0.6 is 0 Å². The third-order valence-electron chi connectivity index (χ3n) is 1.88. The molecule has 0 amide bonds. The number of nitrogens with one attached hydrogen (secondary N) is 1. The summed E-state index contributed by atoms with van der Waals surface area (Å²) in [5, 5.41) is 15.8. The number of nitrogens with two attached hydrogens (primary N) is 1. The summed E-state index contributed by atoms with van der Waals surface area (Å²) in [5.41, 5.74) is 5.24. The molecule has 0 radical (unpaired) electrons. The van der Waals surface area contributed by atoms with Crippen molar-refractivity contribution < 1.29 is 5.11 Å². The third kappa shape index (κ3) is 1.39. The van der Waals surface area contributed by atoms with Gasteiger partial charge in [-0.2, -0.15) is 0 Å². The fourth-order valence-electron chi connectivity index (χ4n) is 1.20. The maximum atomic E-state index is 8.73. The van der Waals surface area contributed by atoms with Gasteiger partial charge < -0.3 is 15.7 Å². The molecule has 0 bridgehead atoms. The molecule has 1 unspecified atom stereocenters. The lowest BCUT2D eigenvalue weighted by atomic mass is 10.1. The molecule has 1 atom stereocenters. The summed E-state index contributed by atoms with van der Waals surface area (Å²) in [6.07, 6.45) is 0.954. The predicted octanol–water partition coefficient (Wildman–Crippen LogP) is -0.806. The highest BCUT2D eigenvalue weighted by atomic mass is 16.3. The lowest BCUT2D eigenvalue weighted by molar-refractivity contribution is 0.232. The maximum absolute atomic E-state index is 8.73. The number of guanidine groups is 1. The number of rotatable bonds is 1. The summed E-state index contributed by atoms with van der Waals surface area (Å²) in [5.74, 6) is 0.444. The number of nitrogens with zero attached hydrogens (tertiary/aromatic N) is 1. The number of hydrogen-bond acceptors (Lipinski definition) is 2. The topological polar surface area (TPSA) is 73.3 Å². The molecule has 1 aliphatic rings. The molecule has 0 spiro atoms. The average molecular weight is 143 g/mol. The van der Waals surface area contributed by atoms with E-state index in [0.717, 1.165) is 19.5 Å². The number of aliphatic hydroxyl groups is 1. The molecule has 1 aliphatic heterocycles. The quantitative estimate of drug-likeness (QED) is 0.332. The first-order chi connectivity index (χ1) is 4.74. The lowest BCUT2D eigenvalue weighted by Gasteiger charge is -2.14. The summed E-state index contributed by atoms with van der Waals surface area (Å²) < 4.78 is 0. The summed E-state index contributed by atoms with van der Waals surface area (Å²) in [6.45, 7) is 1.77. The Morgan fingerprint density at radius 3 is 2.80 bits per heavy atom. The van der Waals surface area contributed by atoms with Crippen molar-refractivity contribution >= 4 is 5.96 Å². The van der Waals surface area contributed by atoms with E-state index < -0.39 is 0 Å². The smallest absolute Gasteiger partial charge is 0.188 e. The fraction of sp³-hybridized carbons (Fsp3) is 0.833. The van der Waals surface area contributed by atoms with Gasteiger partial charge in [-0.15, -0.1) is 0 Å². The van der Waals surface area contributed by atoms with Crippen LogP contribution in [0.2, 0.25) is 0 Å². The molecule has 4 heteroatoms. The zero-order valence-electron chi connectivity index (χ0n) is 5.88. The van der Waals surface area contributed by atoms with Crippen LogP contribution in [0.4, 0.5) is 0 Å². The molecular weight excluding hydrogens is 130 g/mol. The molecule has 0 aromatic heterocycles. The van der Waals surface area contributed by atoms with Crippen molar-refractivity contribution in [3.63, 3.8) is 0 Å². The summed E-state index contributed by atoms with van der Waals surface area (Å²) in [7, 11) is 0. The van der Waals surface area contributed by atoms with Crippen LogP contribution in [0.15, 0.2) is 0 Å². The van der Waals surface area contributed by atoms with Gasteiger partial charge in [0, 0.05) is 25.6 Å². The van der Waals surface area contributed by atoms with E-state index in [-0.39, 0.29) is 12.6 Å². The molecule has 0 aromatic rings. The highest BCUT2D eigenvalue weighted by Gasteiger charge is 2.21. The predicted molar refractivity (Wildman–Crippen MR) is 38.7 cm³/mol. The van der Waals surface area contributed by atoms with Crippen molar-refractivity contribution in [1.29, 1.82) is 5.41 Å². The fourth-order valence-corrected chi connectivity index (χ4v) is 1.20. The Balaban J connectivity index is 2.35. The second kappa shape index (κ2) is 2.88. The van der Waals surface area contributed by atoms with Crippen LogP contribution in [0.3, 0.4) is 0 Å². The molecule has 1 rings (SSSR count). The third-order valence-corrected chi connectivity index (χ3v) is 1.88. The van der Waals surface area contributed by atoms with Gasteiger partial charge in [-0.25, -0.2) is 0 Å². The van der Waals surface area contributed by atoms with Crippen LogP contribution in [-0.4, -0.2) is 35.7 Å². The largest absolute Gasteiger partial charge is 0.396 e. The second-order valence-electron chi connectivity index (χ2n) is 2.67. The highest BCUT2D eigenvalue weighted by Crippen LogP contribution is 2.13. The number of hydrogen-bond donors (Lipinski definition) is 3. The van der Waals surface area contributed by atoms with Gasteiger partial charge in [0.15, 0.2) is 5.96 Å². The standard InChI is InChI=1S/C6H13N3O/c7-6(8)9-2-1-5(3-9)4-10/h5,10H,1-4H2,(H3,7,8). The lowest BCUT2D eigenvalue weighted by Crippen LogP contribution is -2.34. The van der Waals surface area contributed by atoms with Crippen molar-refractivity contribution in [1.82, 2.24) is 4.90 Å². The summed E-state index contributed by atoms with van der Waals surface area (Å²) in [4.78, 5) is 1.78. The van der Waals surface area contributed by atoms with Gasteiger partial charge in [-0.1, -0.05) is 0 Å². The van der Waals surface area contributed by atoms with Crippen molar-refractivity contribution in [2.24, 2.45) is 11.7 Å². The Morgan fingerprint density at radius 1 is 1.80 bits per heavy atom. The first-order valence-electron chi connectivity index (χ1n) is 3.44. The zero-order chi connectivity index (χ0) is 7.56. The SMILES string of the molecule is N=C(N)N1CCC(CO)C1. The van der Waals surface area contributed by atoms with Gasteiger partial charge in [-0.3, -0.25) is 5.41 Å². The van der Waals surface area contributed by atoms with E-state index in [2.05, 4.69) is 0 Å². The van der Waals surface area contributed by atoms with Crippen LogP contribution < -0.4 is 5.73 Å². The zero-order valence-corrected chi connectivity index (χ0v) is 5.88. The van der Waals surface area contributed by atoms with E-state index in [1.54, 1.807) is 4.90 Å². The van der Waals surface area contributed by atoms with E-state index in [9.17, 15) is 0 Å². The highest BCUT2D eigenvalue weighted by molar-refractivity contribution is 5.74. The van der Waals surface area contributed by atoms with Crippen LogP contribution in [0.5, 0.6) is 0 Å². The van der Waals surface area contributed by atoms with E-state index in [0.29, 0.717) is 5.92 Å². The van der Waals surface area contributed by atoms with Gasteiger partial charge in [0.2, 0.25) is 0 Å². The van der Waals surface area contributed by atoms with E-state index in [1.807, 2.05) is 0 Å². The van der Waals surface area contributed by atoms with E-state index >= 15 is 0 Å². The Hall–Kier alpha value is -0.770. The van der Waals surface area contributed by atoms with Gasteiger partial charge in [0.1, 0.15) is 0 Å². The Kier molecular flexibility index (Phi) is 2.11. The van der Waals surface area contributed by atoms with Crippen molar-refractivity contribution in [2.75, 3.05) is 19.7 Å². The average Bonchev–Trinajstić information content (AvgIpc) is 2.34. The van der Waals surface area contributed by atoms with E-state index in [4.69, 9.17) is 16.2 Å². The van der Waals surface area contributed by atoms with Crippen molar-refractivity contribution in [2.45, 2.75) is 6.42 Å². The Bertz CT molecular complexity index is 137. The summed E-state index contributed by atoms with van der Waals surface area (Å²) in [6, 6.07) is 0. The summed E-state index contributed by atoms with van der Waals surface area (Å²) >= 11 is 0. The first kappa shape index (κ1) is 7.34. The van der Waals surface area contributed by atoms with Gasteiger partial charge in [-0.05, 0) is 6.42 Å². The minimum atomic E-state index is 0.121. The molecule has 0 aliphatic carbocycles. The van der Waals surface area contributed by atoms with Gasteiger partial charge >= 0.3 is 0 Å². The number of aliphatic hydroxyl groups excluding tert-OH is 1. The van der Waals surface area contributed by atoms with Gasteiger partial charge in [0.25, 0.3) is 0 Å².